The Bertz CT molecular complexity index is 1710. The van der Waals surface area contributed by atoms with E-state index in [1.165, 1.54) is 18.4 Å². The summed E-state index contributed by atoms with van der Waals surface area (Å²) in [4.78, 5) is 28.2. The number of benzene rings is 2. The fourth-order valence-corrected chi connectivity index (χ4v) is 9.99. The van der Waals surface area contributed by atoms with Crippen LogP contribution in [0.1, 0.15) is 75.8 Å². The number of rotatable bonds is 8. The van der Waals surface area contributed by atoms with Crippen LogP contribution in [0.3, 0.4) is 0 Å². The summed E-state index contributed by atoms with van der Waals surface area (Å²) in [5.74, 6) is 2.11. The molecular weight excluding hydrogens is 586 g/mol. The fourth-order valence-electron chi connectivity index (χ4n) is 9.99. The smallest absolute Gasteiger partial charge is 0.340 e. The highest BCUT2D eigenvalue weighted by Crippen LogP contribution is 2.71. The molecule has 0 amide bonds. The Kier molecular flexibility index (Phi) is 7.95. The second kappa shape index (κ2) is 12.3. The Balaban J connectivity index is 1.24. The van der Waals surface area contributed by atoms with Crippen molar-refractivity contribution in [1.29, 1.82) is 0 Å². The molecule has 5 atom stereocenters. The lowest BCUT2D eigenvalue weighted by atomic mass is 9.44. The number of aromatic hydroxyl groups is 1. The molecule has 2 saturated heterocycles. The minimum absolute atomic E-state index is 0.103. The average molecular weight is 632 g/mol. The van der Waals surface area contributed by atoms with Gasteiger partial charge in [0.05, 0.1) is 11.0 Å². The largest absolute Gasteiger partial charge is 0.508 e. The maximum Gasteiger partial charge on any atom is 0.340 e. The molecule has 0 radical (unpaired) electrons. The molecule has 3 aliphatic heterocycles. The van der Waals surface area contributed by atoms with Crippen molar-refractivity contribution in [2.45, 2.75) is 71.1 Å². The number of fused-ring (bicyclic) bond motifs is 1. The van der Waals surface area contributed by atoms with Crippen LogP contribution in [0.4, 0.5) is 0 Å². The van der Waals surface area contributed by atoms with Gasteiger partial charge in [0, 0.05) is 17.1 Å². The summed E-state index contributed by atoms with van der Waals surface area (Å²) in [6, 6.07) is 17.8. The molecule has 9 rings (SSSR count). The Morgan fingerprint density at radius 2 is 1.81 bits per heavy atom. The lowest BCUT2D eigenvalue weighted by Gasteiger charge is -2.56. The third-order valence-corrected chi connectivity index (χ3v) is 12.1. The van der Waals surface area contributed by atoms with Gasteiger partial charge in [0.2, 0.25) is 0 Å². The number of ether oxygens (including phenoxy) is 2. The molecule has 7 aliphatic rings. The summed E-state index contributed by atoms with van der Waals surface area (Å²) < 4.78 is 12.5. The monoisotopic (exact) mass is 631 g/mol. The first-order valence-corrected chi connectivity index (χ1v) is 17.9. The fraction of sp³-hybridized carbons (Fsp3) is 0.463. The summed E-state index contributed by atoms with van der Waals surface area (Å²) in [6.45, 7) is 4.35. The van der Waals surface area contributed by atoms with E-state index in [4.69, 9.17) is 9.47 Å². The number of esters is 2. The van der Waals surface area contributed by atoms with Gasteiger partial charge in [-0.3, -0.25) is 0 Å². The van der Waals surface area contributed by atoms with Crippen LogP contribution in [0.25, 0.3) is 5.57 Å². The molecule has 3 fully saturated rings. The van der Waals surface area contributed by atoms with Crippen molar-refractivity contribution in [2.24, 2.45) is 35.0 Å². The third-order valence-electron chi connectivity index (χ3n) is 12.1. The van der Waals surface area contributed by atoms with Gasteiger partial charge in [0.1, 0.15) is 17.3 Å². The number of phenolic OH excluding ortho intramolecular Hbond substituents is 1. The summed E-state index contributed by atoms with van der Waals surface area (Å²) in [5, 5.41) is 14.0. The van der Waals surface area contributed by atoms with Crippen LogP contribution >= 0.6 is 0 Å². The topological polar surface area (TPSA) is 84.9 Å². The summed E-state index contributed by atoms with van der Waals surface area (Å²) in [7, 11) is 0. The van der Waals surface area contributed by atoms with Crippen LogP contribution in [-0.4, -0.2) is 30.1 Å². The lowest BCUT2D eigenvalue weighted by Crippen LogP contribution is -2.52. The molecular formula is C41H45NO5. The van der Waals surface area contributed by atoms with Crippen molar-refractivity contribution in [3.63, 3.8) is 0 Å². The predicted molar refractivity (Wildman–Crippen MR) is 181 cm³/mol. The molecule has 47 heavy (non-hydrogen) atoms. The molecule has 2 aromatic rings. The molecule has 0 aromatic heterocycles. The Morgan fingerprint density at radius 1 is 0.979 bits per heavy atom. The highest BCUT2D eigenvalue weighted by atomic mass is 16.5. The second-order valence-corrected chi connectivity index (χ2v) is 14.5. The molecule has 0 unspecified atom stereocenters. The number of hydrogen-bond donors (Lipinski definition) is 2. The Labute approximate surface area is 277 Å². The average Bonchev–Trinajstić information content (AvgIpc) is 3.58. The van der Waals surface area contributed by atoms with E-state index in [9.17, 15) is 14.7 Å². The predicted octanol–water partition coefficient (Wildman–Crippen LogP) is 7.81. The van der Waals surface area contributed by atoms with Crippen molar-refractivity contribution in [3.8, 4) is 5.75 Å². The van der Waals surface area contributed by atoms with Crippen LogP contribution in [0.5, 0.6) is 5.75 Å². The zero-order chi connectivity index (χ0) is 32.1. The van der Waals surface area contributed by atoms with Crippen LogP contribution < -0.4 is 5.32 Å². The van der Waals surface area contributed by atoms with E-state index >= 15 is 0 Å². The number of cyclic esters (lactones) is 2. The molecule has 1 saturated carbocycles. The first-order valence-electron chi connectivity index (χ1n) is 17.9. The van der Waals surface area contributed by atoms with Crippen molar-refractivity contribution >= 4 is 17.5 Å². The van der Waals surface area contributed by atoms with E-state index in [2.05, 4.69) is 48.7 Å². The van der Waals surface area contributed by atoms with E-state index in [-0.39, 0.29) is 41.4 Å². The van der Waals surface area contributed by atoms with Crippen molar-refractivity contribution in [1.82, 2.24) is 5.32 Å². The van der Waals surface area contributed by atoms with Gasteiger partial charge in [-0.2, -0.15) is 0 Å². The number of nitrogens with one attached hydrogen (secondary N) is 1. The summed E-state index contributed by atoms with van der Waals surface area (Å²) >= 11 is 0. The van der Waals surface area contributed by atoms with Gasteiger partial charge < -0.3 is 19.9 Å². The van der Waals surface area contributed by atoms with Gasteiger partial charge >= 0.3 is 11.9 Å². The number of hydrogen-bond acceptors (Lipinski definition) is 6. The minimum Gasteiger partial charge on any atom is -0.508 e. The van der Waals surface area contributed by atoms with Gasteiger partial charge in [-0.15, -0.1) is 0 Å². The number of allylic oxidation sites excluding steroid dienone is 5. The van der Waals surface area contributed by atoms with Crippen molar-refractivity contribution in [2.75, 3.05) is 13.1 Å². The molecule has 6 heteroatoms. The van der Waals surface area contributed by atoms with Gasteiger partial charge in [-0.1, -0.05) is 49.4 Å². The SMILES string of the molecule is CC[C@H](C=C1OC(=O)C2=C(c3cccc(O)c3)[C@@H]3CC[C@]12[C@H]1C2=C(CC[C@H]31)C(=CCCC1CCNCC1)OC2=O)Cc1ccccc1. The van der Waals surface area contributed by atoms with Gasteiger partial charge in [-0.05, 0) is 142 Å². The van der Waals surface area contributed by atoms with E-state index in [1.807, 2.05) is 18.2 Å². The number of carbonyl (C=O) groups is 2. The number of piperidine rings is 1. The van der Waals surface area contributed by atoms with E-state index in [0.29, 0.717) is 11.5 Å². The molecule has 244 valence electrons. The number of phenols is 1. The van der Waals surface area contributed by atoms with E-state index in [0.717, 1.165) is 98.3 Å². The normalized spacial score (nSPS) is 30.8. The molecule has 1 spiro atoms. The molecule has 2 N–H and O–H groups in total. The minimum atomic E-state index is -0.730. The van der Waals surface area contributed by atoms with Crippen molar-refractivity contribution in [3.05, 3.63) is 106 Å². The quantitative estimate of drug-likeness (QED) is 0.289. The second-order valence-electron chi connectivity index (χ2n) is 14.5. The van der Waals surface area contributed by atoms with Crippen molar-refractivity contribution < 1.29 is 24.2 Å². The first kappa shape index (κ1) is 30.4. The molecule has 2 bridgehead atoms. The lowest BCUT2D eigenvalue weighted by molar-refractivity contribution is -0.135. The van der Waals surface area contributed by atoms with Crippen LogP contribution in [-0.2, 0) is 25.5 Å². The van der Waals surface area contributed by atoms with Crippen LogP contribution in [0.15, 0.2) is 95.0 Å². The maximum absolute atomic E-state index is 14.2. The highest BCUT2D eigenvalue weighted by molar-refractivity contribution is 6.06. The Hall–Kier alpha value is -3.90. The van der Waals surface area contributed by atoms with E-state index < -0.39 is 5.41 Å². The van der Waals surface area contributed by atoms with Crippen LogP contribution in [0, 0.1) is 35.0 Å². The summed E-state index contributed by atoms with van der Waals surface area (Å²) in [5.41, 5.74) is 4.95. The van der Waals surface area contributed by atoms with Gasteiger partial charge in [0.25, 0.3) is 0 Å². The molecule has 2 aromatic carbocycles. The van der Waals surface area contributed by atoms with E-state index in [1.54, 1.807) is 12.1 Å². The number of carbonyl (C=O) groups excluding carboxylic acids is 2. The summed E-state index contributed by atoms with van der Waals surface area (Å²) in [6.07, 6.45) is 14.0. The highest BCUT2D eigenvalue weighted by Gasteiger charge is 2.68. The van der Waals surface area contributed by atoms with Gasteiger partial charge in [0.15, 0.2) is 0 Å². The standard InChI is InChI=1S/C41H45NO5/c1-2-25(22-27-8-4-3-5-9-27)23-34-41-19-16-30(35(38(41)40(45)47-34)28-11-7-12-29(43)24-28)31-14-15-32-33(46-39(44)36(32)37(31)41)13-6-10-26-17-20-42-21-18-26/h3-5,7-9,11-13,23-26,30-31,37,42-43H,2,6,10,14-22H2,1H3/t25-,30+,31+,37+,41+/m0/s1. The zero-order valence-electron chi connectivity index (χ0n) is 27.3. The first-order chi connectivity index (χ1) is 23.0. The maximum atomic E-state index is 14.2. The molecule has 3 heterocycles. The Morgan fingerprint density at radius 3 is 2.60 bits per heavy atom. The third kappa shape index (κ3) is 5.11. The molecule has 4 aliphatic carbocycles. The van der Waals surface area contributed by atoms with Gasteiger partial charge in [-0.25, -0.2) is 9.59 Å². The zero-order valence-corrected chi connectivity index (χ0v) is 27.3. The molecule has 6 nitrogen and oxygen atoms in total. The van der Waals surface area contributed by atoms with Crippen LogP contribution in [0.2, 0.25) is 0 Å².